The van der Waals surface area contributed by atoms with E-state index in [1.807, 2.05) is 6.07 Å². The van der Waals surface area contributed by atoms with Crippen molar-refractivity contribution in [1.82, 2.24) is 0 Å². The van der Waals surface area contributed by atoms with Crippen molar-refractivity contribution in [2.75, 3.05) is 18.1 Å². The predicted molar refractivity (Wildman–Crippen MR) is 73.3 cm³/mol. The molecule has 0 aromatic heterocycles. The van der Waals surface area contributed by atoms with Crippen LogP contribution < -0.4 is 9.64 Å². The topological polar surface area (TPSA) is 29.5 Å². The third-order valence-electron chi connectivity index (χ3n) is 3.87. The van der Waals surface area contributed by atoms with Crippen molar-refractivity contribution >= 4 is 11.6 Å². The first-order valence-corrected chi connectivity index (χ1v) is 6.51. The van der Waals surface area contributed by atoms with E-state index >= 15 is 0 Å². The number of hydrogen-bond donors (Lipinski definition) is 0. The van der Waals surface area contributed by atoms with Gasteiger partial charge >= 0.3 is 0 Å². The minimum absolute atomic E-state index is 0.0750. The average molecular weight is 247 g/mol. The van der Waals surface area contributed by atoms with Crippen molar-refractivity contribution < 1.29 is 9.53 Å². The highest BCUT2D eigenvalue weighted by molar-refractivity contribution is 5.93. The Bertz CT molecular complexity index is 466. The highest BCUT2D eigenvalue weighted by atomic mass is 16.5. The van der Waals surface area contributed by atoms with E-state index in [2.05, 4.69) is 32.9 Å². The van der Waals surface area contributed by atoms with E-state index in [1.54, 1.807) is 11.8 Å². The second-order valence-electron chi connectivity index (χ2n) is 5.44. The molecule has 2 rings (SSSR count). The number of fused-ring (bicyclic) bond motifs is 1. The van der Waals surface area contributed by atoms with Gasteiger partial charge in [0.05, 0.1) is 12.2 Å². The predicted octanol–water partition coefficient (Wildman–Crippen LogP) is 3.12. The molecule has 0 unspecified atom stereocenters. The standard InChI is InChI=1S/C15H21NO2/c1-5-15(3,4)12-6-7-14-13(10-12)16(11(2)17)8-9-18-14/h6-7,10H,5,8-9H2,1-4H3. The summed E-state index contributed by atoms with van der Waals surface area (Å²) in [6.07, 6.45) is 1.06. The summed E-state index contributed by atoms with van der Waals surface area (Å²) < 4.78 is 5.61. The smallest absolute Gasteiger partial charge is 0.224 e. The fourth-order valence-electron chi connectivity index (χ4n) is 2.17. The van der Waals surface area contributed by atoms with Crippen LogP contribution >= 0.6 is 0 Å². The number of hydrogen-bond acceptors (Lipinski definition) is 2. The lowest BCUT2D eigenvalue weighted by atomic mass is 9.82. The molecule has 98 valence electrons. The Morgan fingerprint density at radius 2 is 2.17 bits per heavy atom. The highest BCUT2D eigenvalue weighted by Gasteiger charge is 2.25. The average Bonchev–Trinajstić information content (AvgIpc) is 2.37. The SMILES string of the molecule is CCC(C)(C)c1ccc2c(c1)N(C(C)=O)CCO2. The van der Waals surface area contributed by atoms with E-state index in [0.717, 1.165) is 17.9 Å². The first kappa shape index (κ1) is 12.9. The van der Waals surface area contributed by atoms with Crippen molar-refractivity contribution in [3.05, 3.63) is 23.8 Å². The molecule has 1 aromatic carbocycles. The van der Waals surface area contributed by atoms with E-state index in [-0.39, 0.29) is 11.3 Å². The zero-order valence-electron chi connectivity index (χ0n) is 11.6. The van der Waals surface area contributed by atoms with Gasteiger partial charge in [0.25, 0.3) is 0 Å². The quantitative estimate of drug-likeness (QED) is 0.803. The maximum Gasteiger partial charge on any atom is 0.224 e. The van der Waals surface area contributed by atoms with Crippen LogP contribution in [0.4, 0.5) is 5.69 Å². The van der Waals surface area contributed by atoms with Crippen LogP contribution in [0.15, 0.2) is 18.2 Å². The Balaban J connectivity index is 2.46. The van der Waals surface area contributed by atoms with Crippen molar-refractivity contribution in [2.24, 2.45) is 0 Å². The Labute approximate surface area is 109 Å². The van der Waals surface area contributed by atoms with Crippen LogP contribution in [0.5, 0.6) is 5.75 Å². The summed E-state index contributed by atoms with van der Waals surface area (Å²) in [6, 6.07) is 6.18. The minimum atomic E-state index is 0.0750. The third-order valence-corrected chi connectivity index (χ3v) is 3.87. The molecule has 0 N–H and O–H groups in total. The van der Waals surface area contributed by atoms with Gasteiger partial charge in [-0.1, -0.05) is 26.8 Å². The number of rotatable bonds is 2. The molecule has 0 fully saturated rings. The first-order chi connectivity index (χ1) is 8.45. The summed E-state index contributed by atoms with van der Waals surface area (Å²) in [5.41, 5.74) is 2.28. The molecule has 1 amide bonds. The third kappa shape index (κ3) is 2.22. The summed E-state index contributed by atoms with van der Waals surface area (Å²) in [5.74, 6) is 0.887. The van der Waals surface area contributed by atoms with Crippen LogP contribution in [0.1, 0.15) is 39.7 Å². The number of benzene rings is 1. The number of carbonyl (C=O) groups excluding carboxylic acids is 1. The number of ether oxygens (including phenoxy) is 1. The lowest BCUT2D eigenvalue weighted by Gasteiger charge is -2.31. The lowest BCUT2D eigenvalue weighted by molar-refractivity contribution is -0.116. The Kier molecular flexibility index (Phi) is 3.33. The van der Waals surface area contributed by atoms with Crippen molar-refractivity contribution in [2.45, 2.75) is 39.5 Å². The molecule has 0 aliphatic carbocycles. The maximum atomic E-state index is 11.7. The zero-order chi connectivity index (χ0) is 13.3. The largest absolute Gasteiger partial charge is 0.490 e. The zero-order valence-corrected chi connectivity index (χ0v) is 11.6. The lowest BCUT2D eigenvalue weighted by Crippen LogP contribution is -2.36. The fourth-order valence-corrected chi connectivity index (χ4v) is 2.17. The van der Waals surface area contributed by atoms with E-state index in [4.69, 9.17) is 4.74 Å². The molecule has 1 aromatic rings. The minimum Gasteiger partial charge on any atom is -0.490 e. The molecule has 0 atom stereocenters. The van der Waals surface area contributed by atoms with Crippen LogP contribution in [0, 0.1) is 0 Å². The van der Waals surface area contributed by atoms with E-state index in [9.17, 15) is 4.79 Å². The summed E-state index contributed by atoms with van der Waals surface area (Å²) >= 11 is 0. The Morgan fingerprint density at radius 1 is 1.44 bits per heavy atom. The molecule has 3 heteroatoms. The molecule has 3 nitrogen and oxygen atoms in total. The van der Waals surface area contributed by atoms with Gasteiger partial charge in [-0.3, -0.25) is 4.79 Å². The van der Waals surface area contributed by atoms with Gasteiger partial charge in [-0.2, -0.15) is 0 Å². The van der Waals surface area contributed by atoms with Gasteiger partial charge in [0.1, 0.15) is 12.4 Å². The second-order valence-corrected chi connectivity index (χ2v) is 5.44. The van der Waals surface area contributed by atoms with Gasteiger partial charge in [0.2, 0.25) is 5.91 Å². The van der Waals surface area contributed by atoms with Crippen LogP contribution in [-0.2, 0) is 10.2 Å². The van der Waals surface area contributed by atoms with Crippen LogP contribution in [0.3, 0.4) is 0 Å². The van der Waals surface area contributed by atoms with Crippen LogP contribution in [0.25, 0.3) is 0 Å². The van der Waals surface area contributed by atoms with Gasteiger partial charge < -0.3 is 9.64 Å². The van der Waals surface area contributed by atoms with Gasteiger partial charge in [-0.05, 0) is 29.5 Å². The molecule has 0 spiro atoms. The molecule has 0 saturated heterocycles. The number of carbonyl (C=O) groups is 1. The maximum absolute atomic E-state index is 11.7. The first-order valence-electron chi connectivity index (χ1n) is 6.51. The van der Waals surface area contributed by atoms with Crippen LogP contribution in [-0.4, -0.2) is 19.1 Å². The normalized spacial score (nSPS) is 15.0. The number of anilines is 1. The fraction of sp³-hybridized carbons (Fsp3) is 0.533. The Morgan fingerprint density at radius 3 is 2.78 bits per heavy atom. The molecule has 0 radical (unpaired) electrons. The van der Waals surface area contributed by atoms with Crippen molar-refractivity contribution in [1.29, 1.82) is 0 Å². The molecule has 1 aliphatic heterocycles. The van der Waals surface area contributed by atoms with Gasteiger partial charge in [0, 0.05) is 6.92 Å². The van der Waals surface area contributed by atoms with Crippen LogP contribution in [0.2, 0.25) is 0 Å². The molecular weight excluding hydrogens is 226 g/mol. The second kappa shape index (κ2) is 4.63. The molecule has 0 bridgehead atoms. The number of nitrogens with zero attached hydrogens (tertiary/aromatic N) is 1. The van der Waals surface area contributed by atoms with Crippen molar-refractivity contribution in [3.63, 3.8) is 0 Å². The number of amides is 1. The Hall–Kier alpha value is -1.51. The molecule has 18 heavy (non-hydrogen) atoms. The van der Waals surface area contributed by atoms with E-state index < -0.39 is 0 Å². The van der Waals surface area contributed by atoms with Crippen molar-refractivity contribution in [3.8, 4) is 5.75 Å². The monoisotopic (exact) mass is 247 g/mol. The molecular formula is C15H21NO2. The molecule has 1 heterocycles. The molecule has 1 aliphatic rings. The summed E-state index contributed by atoms with van der Waals surface area (Å²) in [7, 11) is 0. The van der Waals surface area contributed by atoms with Gasteiger partial charge in [-0.15, -0.1) is 0 Å². The van der Waals surface area contributed by atoms with Gasteiger partial charge in [0.15, 0.2) is 0 Å². The summed E-state index contributed by atoms with van der Waals surface area (Å²) in [5, 5.41) is 0. The molecule has 0 saturated carbocycles. The van der Waals surface area contributed by atoms with E-state index in [0.29, 0.717) is 13.2 Å². The highest BCUT2D eigenvalue weighted by Crippen LogP contribution is 2.37. The van der Waals surface area contributed by atoms with E-state index in [1.165, 1.54) is 5.56 Å². The summed E-state index contributed by atoms with van der Waals surface area (Å²) in [4.78, 5) is 13.5. The van der Waals surface area contributed by atoms with Gasteiger partial charge in [-0.25, -0.2) is 0 Å². The summed E-state index contributed by atoms with van der Waals surface area (Å²) in [6.45, 7) is 9.43.